The lowest BCUT2D eigenvalue weighted by molar-refractivity contribution is -0.120. The van der Waals surface area contributed by atoms with Crippen molar-refractivity contribution >= 4 is 33.4 Å². The number of methoxy groups -OCH3 is 3. The van der Waals surface area contributed by atoms with Gasteiger partial charge in [-0.25, -0.2) is 0 Å². The number of ether oxygens (including phenoxy) is 3. The molecule has 2 fully saturated rings. The van der Waals surface area contributed by atoms with Gasteiger partial charge < -0.3 is 24.8 Å². The van der Waals surface area contributed by atoms with Crippen LogP contribution < -0.4 is 24.8 Å². The third-order valence-corrected chi connectivity index (χ3v) is 7.55. The Labute approximate surface area is 214 Å². The summed E-state index contributed by atoms with van der Waals surface area (Å²) in [5, 5.41) is 6.21. The molecule has 2 N–H and O–H groups in total. The van der Waals surface area contributed by atoms with Crippen molar-refractivity contribution in [1.82, 2.24) is 10.2 Å². The molecule has 0 spiro atoms. The lowest BCUT2D eigenvalue weighted by Gasteiger charge is -2.48. The maximum Gasteiger partial charge on any atom is 0.251 e. The van der Waals surface area contributed by atoms with E-state index in [1.807, 2.05) is 24.3 Å². The molecule has 2 bridgehead atoms. The molecule has 0 radical (unpaired) electrons. The lowest BCUT2D eigenvalue weighted by atomic mass is 9.81. The minimum Gasteiger partial charge on any atom is -0.493 e. The van der Waals surface area contributed by atoms with E-state index >= 15 is 0 Å². The van der Waals surface area contributed by atoms with Gasteiger partial charge >= 0.3 is 0 Å². The quantitative estimate of drug-likeness (QED) is 0.516. The summed E-state index contributed by atoms with van der Waals surface area (Å²) >= 11 is 3.48. The molecule has 2 amide bonds. The summed E-state index contributed by atoms with van der Waals surface area (Å²) in [6.07, 6.45) is 4.82. The predicted molar refractivity (Wildman–Crippen MR) is 137 cm³/mol. The van der Waals surface area contributed by atoms with Gasteiger partial charge in [0.25, 0.3) is 5.91 Å². The number of hydrogen-bond acceptors (Lipinski definition) is 6. The van der Waals surface area contributed by atoms with E-state index in [0.29, 0.717) is 29.4 Å². The highest BCUT2D eigenvalue weighted by atomic mass is 79.9. The van der Waals surface area contributed by atoms with E-state index < -0.39 is 0 Å². The molecule has 2 aliphatic heterocycles. The van der Waals surface area contributed by atoms with Crippen molar-refractivity contribution in [2.24, 2.45) is 0 Å². The first kappa shape index (κ1) is 25.3. The number of hydrogen-bond donors (Lipinski definition) is 2. The third kappa shape index (κ3) is 5.73. The first-order valence-corrected chi connectivity index (χ1v) is 12.6. The molecule has 35 heavy (non-hydrogen) atoms. The number of rotatable bonds is 8. The van der Waals surface area contributed by atoms with Crippen LogP contribution in [0.1, 0.15) is 42.5 Å². The van der Waals surface area contributed by atoms with Crippen LogP contribution in [0.15, 0.2) is 40.9 Å². The maximum atomic E-state index is 13.1. The molecule has 0 aliphatic carbocycles. The van der Waals surface area contributed by atoms with Crippen molar-refractivity contribution < 1.29 is 23.8 Å². The van der Waals surface area contributed by atoms with Crippen LogP contribution in [0.5, 0.6) is 17.2 Å². The zero-order chi connectivity index (χ0) is 24.9. The number of para-hydroxylation sites is 1. The second-order valence-electron chi connectivity index (χ2n) is 8.99. The third-order valence-electron chi connectivity index (χ3n) is 6.86. The Balaban J connectivity index is 1.41. The summed E-state index contributed by atoms with van der Waals surface area (Å²) in [5.74, 6) is 1.15. The molecule has 0 saturated carbocycles. The summed E-state index contributed by atoms with van der Waals surface area (Å²) in [6.45, 7) is 0.351. The van der Waals surface area contributed by atoms with Gasteiger partial charge in [-0.3, -0.25) is 14.5 Å². The van der Waals surface area contributed by atoms with E-state index in [2.05, 4.69) is 31.5 Å². The standard InChI is InChI=1S/C26H32BrN3O5/c1-33-22-11-16(12-23(34-2)25(22)35-3)26(32)28-17-13-18-7-6-8-19(14-17)30(18)15-24(31)29-21-10-5-4-9-20(21)27/h4-5,9-12,17-19H,6-8,13-15H2,1-3H3,(H,28,32)(H,29,31)/t17?,18-,19+. The highest BCUT2D eigenvalue weighted by molar-refractivity contribution is 9.10. The molecule has 188 valence electrons. The molecular weight excluding hydrogens is 514 g/mol. The van der Waals surface area contributed by atoms with E-state index in [1.165, 1.54) is 21.3 Å². The van der Waals surface area contributed by atoms with Crippen molar-refractivity contribution in [3.63, 3.8) is 0 Å². The van der Waals surface area contributed by atoms with Crippen molar-refractivity contribution in [2.75, 3.05) is 33.2 Å². The summed E-state index contributed by atoms with van der Waals surface area (Å²) in [6, 6.07) is 11.5. The molecule has 9 heteroatoms. The molecule has 8 nitrogen and oxygen atoms in total. The van der Waals surface area contributed by atoms with Crippen LogP contribution in [-0.4, -0.2) is 62.7 Å². The molecule has 0 aromatic heterocycles. The molecule has 2 aromatic carbocycles. The Kier molecular flexibility index (Phi) is 8.18. The average Bonchev–Trinajstić information content (AvgIpc) is 2.84. The van der Waals surface area contributed by atoms with E-state index in [-0.39, 0.29) is 29.9 Å². The van der Waals surface area contributed by atoms with Crippen LogP contribution in [0, 0.1) is 0 Å². The average molecular weight is 546 g/mol. The molecule has 2 aromatic rings. The highest BCUT2D eigenvalue weighted by Crippen LogP contribution is 2.39. The lowest BCUT2D eigenvalue weighted by Crippen LogP contribution is -2.58. The molecular formula is C26H32BrN3O5. The Morgan fingerprint density at radius 3 is 2.20 bits per heavy atom. The zero-order valence-electron chi connectivity index (χ0n) is 20.3. The van der Waals surface area contributed by atoms with Gasteiger partial charge in [0.15, 0.2) is 11.5 Å². The van der Waals surface area contributed by atoms with Crippen LogP contribution in [-0.2, 0) is 4.79 Å². The summed E-state index contributed by atoms with van der Waals surface area (Å²) in [5.41, 5.74) is 1.23. The fraction of sp³-hybridized carbons (Fsp3) is 0.462. The minimum absolute atomic E-state index is 0.0197. The molecule has 3 atom stereocenters. The van der Waals surface area contributed by atoms with Gasteiger partial charge in [-0.15, -0.1) is 0 Å². The largest absolute Gasteiger partial charge is 0.493 e. The summed E-state index contributed by atoms with van der Waals surface area (Å²) in [4.78, 5) is 28.2. The number of carbonyl (C=O) groups is 2. The number of carbonyl (C=O) groups excluding carboxylic acids is 2. The number of fused-ring (bicyclic) bond motifs is 2. The van der Waals surface area contributed by atoms with Crippen LogP contribution in [0.3, 0.4) is 0 Å². The van der Waals surface area contributed by atoms with E-state index in [9.17, 15) is 9.59 Å². The van der Waals surface area contributed by atoms with Crippen LogP contribution >= 0.6 is 15.9 Å². The normalized spacial score (nSPS) is 21.7. The van der Waals surface area contributed by atoms with Gasteiger partial charge in [0, 0.05) is 28.2 Å². The fourth-order valence-electron chi connectivity index (χ4n) is 5.25. The first-order valence-electron chi connectivity index (χ1n) is 11.8. The van der Waals surface area contributed by atoms with E-state index in [1.54, 1.807) is 12.1 Å². The van der Waals surface area contributed by atoms with Gasteiger partial charge in [0.2, 0.25) is 11.7 Å². The monoisotopic (exact) mass is 545 g/mol. The molecule has 2 heterocycles. The Hall–Kier alpha value is -2.78. The van der Waals surface area contributed by atoms with Crippen LogP contribution in [0.25, 0.3) is 0 Å². The van der Waals surface area contributed by atoms with Gasteiger partial charge in [-0.05, 0) is 65.9 Å². The number of amides is 2. The highest BCUT2D eigenvalue weighted by Gasteiger charge is 2.39. The molecule has 4 rings (SSSR count). The number of halogens is 1. The van der Waals surface area contributed by atoms with Crippen molar-refractivity contribution in [3.05, 3.63) is 46.4 Å². The van der Waals surface area contributed by atoms with Crippen LogP contribution in [0.4, 0.5) is 5.69 Å². The van der Waals surface area contributed by atoms with Gasteiger partial charge in [-0.2, -0.15) is 0 Å². The molecule has 1 unspecified atom stereocenters. The summed E-state index contributed by atoms with van der Waals surface area (Å²) < 4.78 is 17.0. The van der Waals surface area contributed by atoms with Crippen molar-refractivity contribution in [3.8, 4) is 17.2 Å². The van der Waals surface area contributed by atoms with Gasteiger partial charge in [0.05, 0.1) is 33.6 Å². The second kappa shape index (κ2) is 11.3. The van der Waals surface area contributed by atoms with Crippen molar-refractivity contribution in [2.45, 2.75) is 50.2 Å². The Bertz CT molecular complexity index is 1040. The molecule has 2 saturated heterocycles. The van der Waals surface area contributed by atoms with E-state index in [0.717, 1.165) is 42.3 Å². The summed E-state index contributed by atoms with van der Waals surface area (Å²) in [7, 11) is 4.59. The fourth-order valence-corrected chi connectivity index (χ4v) is 5.64. The topological polar surface area (TPSA) is 89.1 Å². The zero-order valence-corrected chi connectivity index (χ0v) is 21.9. The number of piperidine rings is 2. The maximum absolute atomic E-state index is 13.1. The minimum atomic E-state index is -0.174. The Morgan fingerprint density at radius 2 is 1.63 bits per heavy atom. The first-order chi connectivity index (χ1) is 16.9. The van der Waals surface area contributed by atoms with Gasteiger partial charge in [0.1, 0.15) is 0 Å². The Morgan fingerprint density at radius 1 is 1.00 bits per heavy atom. The number of anilines is 1. The van der Waals surface area contributed by atoms with Crippen LogP contribution in [0.2, 0.25) is 0 Å². The predicted octanol–water partition coefficient (Wildman–Crippen LogP) is 4.23. The second-order valence-corrected chi connectivity index (χ2v) is 9.85. The number of nitrogens with one attached hydrogen (secondary N) is 2. The molecule has 2 aliphatic rings. The SMILES string of the molecule is COc1cc(C(=O)NC2C[C@H]3CCC[C@@H](C2)N3CC(=O)Nc2ccccc2Br)cc(OC)c1OC. The van der Waals surface area contributed by atoms with Gasteiger partial charge in [-0.1, -0.05) is 18.6 Å². The smallest absolute Gasteiger partial charge is 0.251 e. The number of benzene rings is 2. The number of nitrogens with zero attached hydrogens (tertiary/aromatic N) is 1. The van der Waals surface area contributed by atoms with E-state index in [4.69, 9.17) is 14.2 Å². The van der Waals surface area contributed by atoms with Crippen molar-refractivity contribution in [1.29, 1.82) is 0 Å².